The van der Waals surface area contributed by atoms with Gasteiger partial charge in [-0.25, -0.2) is 4.79 Å². The maximum atomic E-state index is 12.0. The number of ether oxygens (including phenoxy) is 3. The molecule has 0 unspecified atom stereocenters. The molecule has 1 heterocycles. The maximum absolute atomic E-state index is 12.0. The molecule has 0 amide bonds. The minimum absolute atomic E-state index is 0.300. The highest BCUT2D eigenvalue weighted by atomic mass is 16.5. The highest BCUT2D eigenvalue weighted by Crippen LogP contribution is 2.32. The van der Waals surface area contributed by atoms with Crippen molar-refractivity contribution in [3.05, 3.63) is 29.5 Å². The largest absolute Gasteiger partial charge is 0.497 e. The van der Waals surface area contributed by atoms with Crippen molar-refractivity contribution in [2.24, 2.45) is 0 Å². The molecule has 0 aliphatic heterocycles. The minimum Gasteiger partial charge on any atom is -0.497 e. The first-order valence-electron chi connectivity index (χ1n) is 6.81. The van der Waals surface area contributed by atoms with Gasteiger partial charge in [-0.15, -0.1) is 0 Å². The van der Waals surface area contributed by atoms with Gasteiger partial charge in [0.2, 0.25) is 0 Å². The zero-order chi connectivity index (χ0) is 16.1. The molecular formula is C15H19N3O4. The van der Waals surface area contributed by atoms with Crippen LogP contribution < -0.4 is 14.8 Å². The van der Waals surface area contributed by atoms with Crippen molar-refractivity contribution in [1.29, 1.82) is 0 Å². The molecule has 0 spiro atoms. The van der Waals surface area contributed by atoms with Gasteiger partial charge in [-0.2, -0.15) is 5.10 Å². The third-order valence-electron chi connectivity index (χ3n) is 3.09. The zero-order valence-corrected chi connectivity index (χ0v) is 13.0. The smallest absolute Gasteiger partial charge is 0.343 e. The Morgan fingerprint density at radius 3 is 2.73 bits per heavy atom. The molecule has 0 aliphatic rings. The van der Waals surface area contributed by atoms with E-state index in [2.05, 4.69) is 15.5 Å². The van der Waals surface area contributed by atoms with E-state index in [0.29, 0.717) is 40.9 Å². The zero-order valence-electron chi connectivity index (χ0n) is 13.0. The summed E-state index contributed by atoms with van der Waals surface area (Å²) in [5.74, 6) is 1.21. The third kappa shape index (κ3) is 3.13. The van der Waals surface area contributed by atoms with Gasteiger partial charge in [0, 0.05) is 11.8 Å². The van der Waals surface area contributed by atoms with E-state index in [1.54, 1.807) is 46.3 Å². The van der Waals surface area contributed by atoms with E-state index in [1.807, 2.05) is 0 Å². The van der Waals surface area contributed by atoms with E-state index in [1.165, 1.54) is 0 Å². The lowest BCUT2D eigenvalue weighted by molar-refractivity contribution is 0.0527. The lowest BCUT2D eigenvalue weighted by Crippen LogP contribution is -2.08. The highest BCUT2D eigenvalue weighted by Gasteiger charge is 2.20. The normalized spacial score (nSPS) is 10.2. The van der Waals surface area contributed by atoms with Crippen molar-refractivity contribution in [1.82, 2.24) is 10.2 Å². The Labute approximate surface area is 128 Å². The van der Waals surface area contributed by atoms with Crippen LogP contribution in [0.1, 0.15) is 23.0 Å². The van der Waals surface area contributed by atoms with Gasteiger partial charge in [0.25, 0.3) is 0 Å². The lowest BCUT2D eigenvalue weighted by Gasteiger charge is -2.12. The van der Waals surface area contributed by atoms with E-state index in [9.17, 15) is 4.79 Å². The van der Waals surface area contributed by atoms with Crippen LogP contribution in [0.2, 0.25) is 0 Å². The molecule has 0 saturated heterocycles. The topological polar surface area (TPSA) is 85.5 Å². The Balaban J connectivity index is 2.34. The van der Waals surface area contributed by atoms with Gasteiger partial charge < -0.3 is 19.5 Å². The number of benzene rings is 1. The summed E-state index contributed by atoms with van der Waals surface area (Å²) in [4.78, 5) is 12.0. The van der Waals surface area contributed by atoms with Crippen LogP contribution in [0.5, 0.6) is 11.5 Å². The van der Waals surface area contributed by atoms with E-state index >= 15 is 0 Å². The number of nitrogens with zero attached hydrogens (tertiary/aromatic N) is 1. The van der Waals surface area contributed by atoms with Crippen molar-refractivity contribution in [2.75, 3.05) is 26.1 Å². The molecule has 22 heavy (non-hydrogen) atoms. The van der Waals surface area contributed by atoms with Crippen LogP contribution in [-0.4, -0.2) is 37.0 Å². The summed E-state index contributed by atoms with van der Waals surface area (Å²) < 4.78 is 15.5. The molecule has 0 saturated carbocycles. The number of aromatic amines is 1. The molecule has 118 valence electrons. The standard InChI is InChI=1S/C15H19N3O4/c1-5-22-15(19)13-9(2)17-18-14(13)16-11-7-6-10(20-3)8-12(11)21-4/h6-8H,5H2,1-4H3,(H2,16,17,18). The quantitative estimate of drug-likeness (QED) is 0.798. The molecule has 0 aliphatic carbocycles. The Kier molecular flexibility index (Phi) is 4.88. The van der Waals surface area contributed by atoms with Crippen LogP contribution in [0.25, 0.3) is 0 Å². The van der Waals surface area contributed by atoms with Gasteiger partial charge in [0.05, 0.1) is 26.5 Å². The number of carbonyl (C=O) groups is 1. The second kappa shape index (κ2) is 6.84. The SMILES string of the molecule is CCOC(=O)c1c(Nc2ccc(OC)cc2OC)n[nH]c1C. The fraction of sp³-hybridized carbons (Fsp3) is 0.333. The van der Waals surface area contributed by atoms with Gasteiger partial charge in [-0.1, -0.05) is 0 Å². The molecule has 1 aromatic heterocycles. The molecule has 1 aromatic carbocycles. The predicted octanol–water partition coefficient (Wildman–Crippen LogP) is 2.66. The van der Waals surface area contributed by atoms with Gasteiger partial charge in [0.1, 0.15) is 17.1 Å². The molecule has 0 radical (unpaired) electrons. The summed E-state index contributed by atoms with van der Waals surface area (Å²) in [6.07, 6.45) is 0. The summed E-state index contributed by atoms with van der Waals surface area (Å²) in [6.45, 7) is 3.82. The molecule has 7 heteroatoms. The minimum atomic E-state index is -0.427. The van der Waals surface area contributed by atoms with Crippen LogP contribution in [0.15, 0.2) is 18.2 Å². The first kappa shape index (κ1) is 15.7. The summed E-state index contributed by atoms with van der Waals surface area (Å²) in [5.41, 5.74) is 1.67. The number of aryl methyl sites for hydroxylation is 1. The Hall–Kier alpha value is -2.70. The van der Waals surface area contributed by atoms with E-state index in [-0.39, 0.29) is 0 Å². The second-order valence-corrected chi connectivity index (χ2v) is 4.48. The van der Waals surface area contributed by atoms with Crippen molar-refractivity contribution < 1.29 is 19.0 Å². The number of rotatable bonds is 6. The van der Waals surface area contributed by atoms with Gasteiger partial charge in [-0.05, 0) is 26.0 Å². The summed E-state index contributed by atoms with van der Waals surface area (Å²) in [5, 5.41) is 9.97. The molecular weight excluding hydrogens is 286 g/mol. The summed E-state index contributed by atoms with van der Waals surface area (Å²) in [6, 6.07) is 5.32. The number of aromatic nitrogens is 2. The Morgan fingerprint density at radius 1 is 1.32 bits per heavy atom. The first-order chi connectivity index (χ1) is 10.6. The molecule has 7 nitrogen and oxygen atoms in total. The van der Waals surface area contributed by atoms with Crippen molar-refractivity contribution in [3.8, 4) is 11.5 Å². The van der Waals surface area contributed by atoms with Crippen LogP contribution in [-0.2, 0) is 4.74 Å². The van der Waals surface area contributed by atoms with E-state index < -0.39 is 5.97 Å². The van der Waals surface area contributed by atoms with Gasteiger partial charge in [0.15, 0.2) is 5.82 Å². The average Bonchev–Trinajstić information content (AvgIpc) is 2.88. The van der Waals surface area contributed by atoms with Crippen LogP contribution in [0.4, 0.5) is 11.5 Å². The summed E-state index contributed by atoms with van der Waals surface area (Å²) in [7, 11) is 3.14. The molecule has 0 atom stereocenters. The number of carbonyl (C=O) groups excluding carboxylic acids is 1. The molecule has 2 N–H and O–H groups in total. The number of esters is 1. The van der Waals surface area contributed by atoms with Crippen molar-refractivity contribution in [2.45, 2.75) is 13.8 Å². The van der Waals surface area contributed by atoms with Crippen LogP contribution in [0, 0.1) is 6.92 Å². The number of nitrogens with one attached hydrogen (secondary N) is 2. The van der Waals surface area contributed by atoms with Crippen LogP contribution >= 0.6 is 0 Å². The lowest BCUT2D eigenvalue weighted by atomic mass is 10.2. The number of hydrogen-bond donors (Lipinski definition) is 2. The highest BCUT2D eigenvalue weighted by molar-refractivity contribution is 5.96. The van der Waals surface area contributed by atoms with Crippen molar-refractivity contribution in [3.63, 3.8) is 0 Å². The fourth-order valence-electron chi connectivity index (χ4n) is 2.00. The van der Waals surface area contributed by atoms with Crippen molar-refractivity contribution >= 4 is 17.5 Å². The average molecular weight is 305 g/mol. The van der Waals surface area contributed by atoms with E-state index in [0.717, 1.165) is 0 Å². The number of anilines is 2. The summed E-state index contributed by atoms with van der Waals surface area (Å²) >= 11 is 0. The van der Waals surface area contributed by atoms with Crippen LogP contribution in [0.3, 0.4) is 0 Å². The Morgan fingerprint density at radius 2 is 2.09 bits per heavy atom. The first-order valence-corrected chi connectivity index (χ1v) is 6.81. The fourth-order valence-corrected chi connectivity index (χ4v) is 2.00. The maximum Gasteiger partial charge on any atom is 0.343 e. The molecule has 0 bridgehead atoms. The monoisotopic (exact) mass is 305 g/mol. The van der Waals surface area contributed by atoms with E-state index in [4.69, 9.17) is 14.2 Å². The predicted molar refractivity (Wildman–Crippen MR) is 82.1 cm³/mol. The number of methoxy groups -OCH3 is 2. The second-order valence-electron chi connectivity index (χ2n) is 4.48. The molecule has 2 aromatic rings. The molecule has 2 rings (SSSR count). The molecule has 0 fully saturated rings. The Bertz CT molecular complexity index is 667. The number of H-pyrrole nitrogens is 1. The number of hydrogen-bond acceptors (Lipinski definition) is 6. The third-order valence-corrected chi connectivity index (χ3v) is 3.09. The van der Waals surface area contributed by atoms with Gasteiger partial charge in [-0.3, -0.25) is 5.10 Å². The van der Waals surface area contributed by atoms with Gasteiger partial charge >= 0.3 is 5.97 Å².